The Morgan fingerprint density at radius 3 is 2.18 bits per heavy atom. The van der Waals surface area contributed by atoms with Gasteiger partial charge in [-0.3, -0.25) is 14.4 Å². The van der Waals surface area contributed by atoms with Gasteiger partial charge in [0.25, 0.3) is 0 Å². The summed E-state index contributed by atoms with van der Waals surface area (Å²) in [5, 5.41) is 0. The molecule has 1 aliphatic heterocycles. The van der Waals surface area contributed by atoms with Crippen LogP contribution in [0.4, 0.5) is 0 Å². The average molecular weight is 477 g/mol. The summed E-state index contributed by atoms with van der Waals surface area (Å²) in [5.74, 6) is 0.282. The smallest absolute Gasteiger partial charge is 0.312 e. The average Bonchev–Trinajstić information content (AvgIpc) is 3.36. The molecule has 0 aromatic rings. The van der Waals surface area contributed by atoms with Gasteiger partial charge in [-0.05, 0) is 60.2 Å². The first-order valence-corrected chi connectivity index (χ1v) is 13.4. The fourth-order valence-electron chi connectivity index (χ4n) is 7.95. The van der Waals surface area contributed by atoms with Crippen molar-refractivity contribution in [3.8, 4) is 0 Å². The third-order valence-corrected chi connectivity index (χ3v) is 9.04. The van der Waals surface area contributed by atoms with Crippen molar-refractivity contribution < 1.29 is 28.6 Å². The SMILES string of the molecule is CCCCOC(=O)C1CC2CC(=O)OC1C2OC(=O)C1CC2CC1C(C(C)(C)C)C2C(C)(C)C. The molecular weight excluding hydrogens is 432 g/mol. The van der Waals surface area contributed by atoms with Gasteiger partial charge in [0.15, 0.2) is 6.10 Å². The summed E-state index contributed by atoms with van der Waals surface area (Å²) in [5.41, 5.74) is 0.317. The third kappa shape index (κ3) is 4.63. The lowest BCUT2D eigenvalue weighted by Gasteiger charge is -2.48. The molecule has 3 saturated carbocycles. The number of carbonyl (C=O) groups excluding carboxylic acids is 3. The molecule has 9 atom stereocenters. The van der Waals surface area contributed by atoms with Crippen LogP contribution in [-0.4, -0.2) is 36.7 Å². The predicted molar refractivity (Wildman–Crippen MR) is 127 cm³/mol. The van der Waals surface area contributed by atoms with Crippen LogP contribution in [0.1, 0.15) is 87.0 Å². The molecule has 4 fully saturated rings. The molecule has 4 rings (SSSR count). The minimum atomic E-state index is -0.719. The number of fused-ring (bicyclic) bond motifs is 4. The van der Waals surface area contributed by atoms with Gasteiger partial charge in [-0.25, -0.2) is 0 Å². The Kier molecular flexibility index (Phi) is 6.85. The summed E-state index contributed by atoms with van der Waals surface area (Å²) in [6, 6.07) is 0. The van der Waals surface area contributed by atoms with E-state index >= 15 is 0 Å². The Morgan fingerprint density at radius 2 is 1.56 bits per heavy atom. The van der Waals surface area contributed by atoms with Gasteiger partial charge in [-0.2, -0.15) is 0 Å². The predicted octanol–water partition coefficient (Wildman–Crippen LogP) is 5.17. The zero-order chi connectivity index (χ0) is 25.0. The highest BCUT2D eigenvalue weighted by Crippen LogP contribution is 2.64. The molecule has 192 valence electrons. The molecule has 0 radical (unpaired) electrons. The van der Waals surface area contributed by atoms with Gasteiger partial charge in [0.1, 0.15) is 6.10 Å². The fourth-order valence-corrected chi connectivity index (χ4v) is 7.95. The summed E-state index contributed by atoms with van der Waals surface area (Å²) < 4.78 is 17.1. The van der Waals surface area contributed by atoms with Crippen molar-refractivity contribution in [3.63, 3.8) is 0 Å². The first kappa shape index (κ1) is 25.5. The lowest BCUT2D eigenvalue weighted by molar-refractivity contribution is -0.186. The van der Waals surface area contributed by atoms with Crippen molar-refractivity contribution in [2.75, 3.05) is 6.61 Å². The number of ether oxygens (including phenoxy) is 3. The minimum absolute atomic E-state index is 0.111. The maximum Gasteiger partial charge on any atom is 0.312 e. The van der Waals surface area contributed by atoms with E-state index in [1.165, 1.54) is 0 Å². The summed E-state index contributed by atoms with van der Waals surface area (Å²) in [6.07, 6.45) is 3.12. The second kappa shape index (κ2) is 9.13. The van der Waals surface area contributed by atoms with Gasteiger partial charge in [-0.1, -0.05) is 54.9 Å². The fraction of sp³-hybridized carbons (Fsp3) is 0.893. The maximum atomic E-state index is 13.5. The van der Waals surface area contributed by atoms with Crippen molar-refractivity contribution >= 4 is 17.9 Å². The second-order valence-corrected chi connectivity index (χ2v) is 13.5. The summed E-state index contributed by atoms with van der Waals surface area (Å²) in [7, 11) is 0. The monoisotopic (exact) mass is 476 g/mol. The molecule has 0 amide bonds. The maximum absolute atomic E-state index is 13.5. The van der Waals surface area contributed by atoms with E-state index in [4.69, 9.17) is 14.2 Å². The van der Waals surface area contributed by atoms with Crippen LogP contribution in [0.25, 0.3) is 0 Å². The Morgan fingerprint density at radius 1 is 0.912 bits per heavy atom. The van der Waals surface area contributed by atoms with E-state index < -0.39 is 18.1 Å². The number of hydrogen-bond donors (Lipinski definition) is 0. The van der Waals surface area contributed by atoms with Gasteiger partial charge in [-0.15, -0.1) is 0 Å². The lowest BCUT2D eigenvalue weighted by atomic mass is 9.57. The van der Waals surface area contributed by atoms with Crippen molar-refractivity contribution in [2.45, 2.75) is 99.2 Å². The molecule has 0 spiro atoms. The first-order chi connectivity index (χ1) is 15.8. The number of rotatable bonds is 6. The molecule has 9 unspecified atom stereocenters. The quantitative estimate of drug-likeness (QED) is 0.299. The molecule has 0 N–H and O–H groups in total. The standard InChI is InChI=1S/C28H44O6/c1-8-9-10-32-25(30)19-13-16-14-20(29)33-24(19)23(16)34-26(31)18-12-15-11-17(18)22(28(5,6)7)21(15)27(2,3)4/h15-19,21-24H,8-14H2,1-7H3. The number of hydrogen-bond acceptors (Lipinski definition) is 6. The Bertz CT molecular complexity index is 805. The molecule has 6 nitrogen and oxygen atoms in total. The van der Waals surface area contributed by atoms with E-state index in [0.29, 0.717) is 36.7 Å². The van der Waals surface area contributed by atoms with Crippen LogP contribution in [0.2, 0.25) is 0 Å². The van der Waals surface area contributed by atoms with Crippen molar-refractivity contribution in [2.24, 2.45) is 52.3 Å². The van der Waals surface area contributed by atoms with E-state index in [-0.39, 0.29) is 47.0 Å². The van der Waals surface area contributed by atoms with E-state index in [9.17, 15) is 14.4 Å². The van der Waals surface area contributed by atoms with E-state index in [2.05, 4.69) is 41.5 Å². The van der Waals surface area contributed by atoms with Gasteiger partial charge in [0.2, 0.25) is 0 Å². The zero-order valence-electron chi connectivity index (χ0n) is 22.1. The highest BCUT2D eigenvalue weighted by atomic mass is 16.6. The molecule has 0 aromatic heterocycles. The van der Waals surface area contributed by atoms with Crippen LogP contribution < -0.4 is 0 Å². The lowest BCUT2D eigenvalue weighted by Crippen LogP contribution is -2.47. The van der Waals surface area contributed by atoms with Crippen LogP contribution in [-0.2, 0) is 28.6 Å². The normalized spacial score (nSPS) is 39.1. The van der Waals surface area contributed by atoms with Crippen LogP contribution in [0, 0.1) is 52.3 Å². The van der Waals surface area contributed by atoms with Crippen LogP contribution in [0.15, 0.2) is 0 Å². The number of carbonyl (C=O) groups is 3. The molecule has 6 heteroatoms. The molecule has 0 aromatic carbocycles. The van der Waals surface area contributed by atoms with E-state index in [1.807, 2.05) is 6.92 Å². The molecule has 3 aliphatic carbocycles. The van der Waals surface area contributed by atoms with Crippen molar-refractivity contribution in [1.29, 1.82) is 0 Å². The first-order valence-electron chi connectivity index (χ1n) is 13.4. The molecule has 34 heavy (non-hydrogen) atoms. The summed E-state index contributed by atoms with van der Waals surface area (Å²) in [6.45, 7) is 16.3. The van der Waals surface area contributed by atoms with Crippen LogP contribution >= 0.6 is 0 Å². The number of esters is 3. The molecule has 4 aliphatic rings. The minimum Gasteiger partial charge on any atom is -0.465 e. The molecule has 4 bridgehead atoms. The van der Waals surface area contributed by atoms with Gasteiger partial charge in [0, 0.05) is 5.92 Å². The largest absolute Gasteiger partial charge is 0.465 e. The second-order valence-electron chi connectivity index (χ2n) is 13.5. The summed E-state index contributed by atoms with van der Waals surface area (Å²) >= 11 is 0. The van der Waals surface area contributed by atoms with Gasteiger partial charge < -0.3 is 14.2 Å². The third-order valence-electron chi connectivity index (χ3n) is 9.04. The highest BCUT2D eigenvalue weighted by Gasteiger charge is 2.62. The Hall–Kier alpha value is -1.59. The van der Waals surface area contributed by atoms with Gasteiger partial charge >= 0.3 is 17.9 Å². The Labute approximate surface area is 204 Å². The highest BCUT2D eigenvalue weighted by molar-refractivity contribution is 5.79. The van der Waals surface area contributed by atoms with Crippen molar-refractivity contribution in [1.82, 2.24) is 0 Å². The molecule has 1 saturated heterocycles. The summed E-state index contributed by atoms with van der Waals surface area (Å²) in [4.78, 5) is 38.3. The molecular formula is C28H44O6. The molecule has 1 heterocycles. The van der Waals surface area contributed by atoms with E-state index in [0.717, 1.165) is 25.7 Å². The van der Waals surface area contributed by atoms with Crippen molar-refractivity contribution in [3.05, 3.63) is 0 Å². The van der Waals surface area contributed by atoms with Crippen LogP contribution in [0.5, 0.6) is 0 Å². The number of unbranched alkanes of at least 4 members (excludes halogenated alkanes) is 1. The Balaban J connectivity index is 1.47. The van der Waals surface area contributed by atoms with E-state index in [1.54, 1.807) is 0 Å². The topological polar surface area (TPSA) is 78.9 Å². The zero-order valence-corrected chi connectivity index (χ0v) is 22.1. The van der Waals surface area contributed by atoms with Gasteiger partial charge in [0.05, 0.1) is 24.9 Å². The van der Waals surface area contributed by atoms with Crippen LogP contribution in [0.3, 0.4) is 0 Å².